The summed E-state index contributed by atoms with van der Waals surface area (Å²) in [6.45, 7) is 3.78. The summed E-state index contributed by atoms with van der Waals surface area (Å²) in [7, 11) is 0. The first-order chi connectivity index (χ1) is 9.08. The number of amides is 2. The molecule has 1 aromatic carbocycles. The van der Waals surface area contributed by atoms with Gasteiger partial charge in [-0.2, -0.15) is 0 Å². The summed E-state index contributed by atoms with van der Waals surface area (Å²) in [6.07, 6.45) is 2.07. The van der Waals surface area contributed by atoms with Gasteiger partial charge in [-0.1, -0.05) is 17.7 Å². The summed E-state index contributed by atoms with van der Waals surface area (Å²) in [5.41, 5.74) is 1.95. The fourth-order valence-electron chi connectivity index (χ4n) is 2.60. The minimum atomic E-state index is -0.440. The van der Waals surface area contributed by atoms with Gasteiger partial charge in [0.25, 0.3) is 5.91 Å². The van der Waals surface area contributed by atoms with Gasteiger partial charge in [0, 0.05) is 5.69 Å². The monoisotopic (exact) mass is 258 g/mol. The standard InChI is InChI=1S/C15H18N2O2/c1-9-3-7-12(8-4-9)17-10(2)14(18)16-13(15(17)19)11-5-6-11/h3-4,7-8,10-11,13H,5-6H2,1-2H3,(H,16,18). The molecule has 2 fully saturated rings. The highest BCUT2D eigenvalue weighted by molar-refractivity contribution is 6.08. The lowest BCUT2D eigenvalue weighted by molar-refractivity contribution is -0.133. The Morgan fingerprint density at radius 1 is 1.16 bits per heavy atom. The zero-order chi connectivity index (χ0) is 13.6. The maximum absolute atomic E-state index is 12.6. The molecule has 1 N–H and O–H groups in total. The van der Waals surface area contributed by atoms with E-state index >= 15 is 0 Å². The molecule has 3 rings (SSSR count). The number of benzene rings is 1. The van der Waals surface area contributed by atoms with E-state index in [1.165, 1.54) is 0 Å². The third-order valence-corrected chi connectivity index (χ3v) is 3.97. The Kier molecular flexibility index (Phi) is 2.81. The van der Waals surface area contributed by atoms with E-state index in [1.807, 2.05) is 31.2 Å². The van der Waals surface area contributed by atoms with Crippen molar-refractivity contribution >= 4 is 17.5 Å². The molecule has 4 nitrogen and oxygen atoms in total. The summed E-state index contributed by atoms with van der Waals surface area (Å²) in [4.78, 5) is 26.2. The second-order valence-electron chi connectivity index (χ2n) is 5.54. The van der Waals surface area contributed by atoms with Crippen molar-refractivity contribution < 1.29 is 9.59 Å². The van der Waals surface area contributed by atoms with Crippen molar-refractivity contribution in [3.05, 3.63) is 29.8 Å². The molecule has 1 saturated heterocycles. The number of piperazine rings is 1. The van der Waals surface area contributed by atoms with E-state index in [-0.39, 0.29) is 17.9 Å². The fourth-order valence-corrected chi connectivity index (χ4v) is 2.60. The fraction of sp³-hybridized carbons (Fsp3) is 0.467. The highest BCUT2D eigenvalue weighted by atomic mass is 16.2. The summed E-state index contributed by atoms with van der Waals surface area (Å²) in [5, 5.41) is 2.86. The van der Waals surface area contributed by atoms with Crippen LogP contribution in [0.25, 0.3) is 0 Å². The molecule has 1 aromatic rings. The third kappa shape index (κ3) is 2.11. The van der Waals surface area contributed by atoms with Crippen LogP contribution in [-0.2, 0) is 9.59 Å². The van der Waals surface area contributed by atoms with Gasteiger partial charge in [-0.05, 0) is 44.7 Å². The number of rotatable bonds is 2. The lowest BCUT2D eigenvalue weighted by atomic mass is 10.0. The van der Waals surface area contributed by atoms with Crippen molar-refractivity contribution in [1.29, 1.82) is 0 Å². The maximum atomic E-state index is 12.6. The van der Waals surface area contributed by atoms with Gasteiger partial charge in [0.05, 0.1) is 0 Å². The molecule has 1 saturated carbocycles. The molecule has 4 heteroatoms. The molecule has 2 amide bonds. The minimum absolute atomic E-state index is 0.0263. The van der Waals surface area contributed by atoms with Crippen molar-refractivity contribution in [2.75, 3.05) is 4.90 Å². The van der Waals surface area contributed by atoms with Crippen LogP contribution in [0, 0.1) is 12.8 Å². The Morgan fingerprint density at radius 2 is 1.79 bits per heavy atom. The van der Waals surface area contributed by atoms with Crippen LogP contribution in [0.3, 0.4) is 0 Å². The van der Waals surface area contributed by atoms with Crippen molar-refractivity contribution in [2.24, 2.45) is 5.92 Å². The number of anilines is 1. The minimum Gasteiger partial charge on any atom is -0.342 e. The van der Waals surface area contributed by atoms with Gasteiger partial charge in [0.15, 0.2) is 0 Å². The molecule has 2 aliphatic rings. The average molecular weight is 258 g/mol. The number of nitrogens with zero attached hydrogens (tertiary/aromatic N) is 1. The molecule has 2 atom stereocenters. The van der Waals surface area contributed by atoms with E-state index in [4.69, 9.17) is 0 Å². The first-order valence-corrected chi connectivity index (χ1v) is 6.78. The van der Waals surface area contributed by atoms with Crippen molar-refractivity contribution in [3.63, 3.8) is 0 Å². The van der Waals surface area contributed by atoms with Crippen LogP contribution in [0.1, 0.15) is 25.3 Å². The van der Waals surface area contributed by atoms with Gasteiger partial charge in [-0.15, -0.1) is 0 Å². The van der Waals surface area contributed by atoms with Gasteiger partial charge < -0.3 is 5.32 Å². The SMILES string of the molecule is Cc1ccc(N2C(=O)C(C3CC3)NC(=O)C2C)cc1. The van der Waals surface area contributed by atoms with Crippen LogP contribution in [0.15, 0.2) is 24.3 Å². The average Bonchev–Trinajstić information content (AvgIpc) is 3.21. The number of nitrogens with one attached hydrogen (secondary N) is 1. The zero-order valence-corrected chi connectivity index (χ0v) is 11.2. The number of carbonyl (C=O) groups excluding carboxylic acids is 2. The molecule has 0 spiro atoms. The van der Waals surface area contributed by atoms with Crippen LogP contribution >= 0.6 is 0 Å². The van der Waals surface area contributed by atoms with E-state index in [0.29, 0.717) is 5.92 Å². The van der Waals surface area contributed by atoms with Crippen molar-refractivity contribution in [3.8, 4) is 0 Å². The van der Waals surface area contributed by atoms with Gasteiger partial charge in [0.1, 0.15) is 12.1 Å². The zero-order valence-electron chi connectivity index (χ0n) is 11.2. The normalized spacial score (nSPS) is 27.4. The molecular formula is C15H18N2O2. The molecule has 1 heterocycles. The van der Waals surface area contributed by atoms with Crippen LogP contribution in [-0.4, -0.2) is 23.9 Å². The molecule has 1 aliphatic carbocycles. The van der Waals surface area contributed by atoms with E-state index in [2.05, 4.69) is 5.32 Å². The summed E-state index contributed by atoms with van der Waals surface area (Å²) in [6, 6.07) is 6.98. The van der Waals surface area contributed by atoms with Crippen molar-refractivity contribution in [2.45, 2.75) is 38.8 Å². The molecule has 0 bridgehead atoms. The van der Waals surface area contributed by atoms with Gasteiger partial charge in [-0.25, -0.2) is 0 Å². The van der Waals surface area contributed by atoms with E-state index in [0.717, 1.165) is 24.1 Å². The van der Waals surface area contributed by atoms with E-state index in [1.54, 1.807) is 11.8 Å². The smallest absolute Gasteiger partial charge is 0.250 e. The summed E-state index contributed by atoms with van der Waals surface area (Å²) < 4.78 is 0. The quantitative estimate of drug-likeness (QED) is 0.876. The first-order valence-electron chi connectivity index (χ1n) is 6.78. The molecule has 0 aromatic heterocycles. The number of hydrogen-bond acceptors (Lipinski definition) is 2. The summed E-state index contributed by atoms with van der Waals surface area (Å²) in [5.74, 6) is 0.299. The molecule has 1 aliphatic heterocycles. The Balaban J connectivity index is 1.93. The lowest BCUT2D eigenvalue weighted by Crippen LogP contribution is -2.63. The third-order valence-electron chi connectivity index (χ3n) is 3.97. The first kappa shape index (κ1) is 12.2. The van der Waals surface area contributed by atoms with Gasteiger partial charge in [-0.3, -0.25) is 14.5 Å². The van der Waals surface area contributed by atoms with Crippen LogP contribution in [0.5, 0.6) is 0 Å². The number of aryl methyl sites for hydroxylation is 1. The van der Waals surface area contributed by atoms with Gasteiger partial charge >= 0.3 is 0 Å². The number of hydrogen-bond donors (Lipinski definition) is 1. The van der Waals surface area contributed by atoms with Gasteiger partial charge in [0.2, 0.25) is 5.91 Å². The lowest BCUT2D eigenvalue weighted by Gasteiger charge is -2.37. The molecule has 2 unspecified atom stereocenters. The van der Waals surface area contributed by atoms with Crippen LogP contribution < -0.4 is 10.2 Å². The maximum Gasteiger partial charge on any atom is 0.250 e. The largest absolute Gasteiger partial charge is 0.342 e. The number of carbonyl (C=O) groups is 2. The molecular weight excluding hydrogens is 240 g/mol. The van der Waals surface area contributed by atoms with E-state index < -0.39 is 6.04 Å². The Labute approximate surface area is 112 Å². The Morgan fingerprint density at radius 3 is 2.37 bits per heavy atom. The van der Waals surface area contributed by atoms with Crippen LogP contribution in [0.4, 0.5) is 5.69 Å². The van der Waals surface area contributed by atoms with Crippen molar-refractivity contribution in [1.82, 2.24) is 5.32 Å². The Bertz CT molecular complexity index is 519. The Hall–Kier alpha value is -1.84. The predicted molar refractivity (Wildman–Crippen MR) is 72.8 cm³/mol. The predicted octanol–water partition coefficient (Wildman–Crippen LogP) is 1.62. The highest BCUT2D eigenvalue weighted by Crippen LogP contribution is 2.36. The molecule has 19 heavy (non-hydrogen) atoms. The second-order valence-corrected chi connectivity index (χ2v) is 5.54. The molecule has 100 valence electrons. The van der Waals surface area contributed by atoms with E-state index in [9.17, 15) is 9.59 Å². The molecule has 0 radical (unpaired) electrons. The topological polar surface area (TPSA) is 49.4 Å². The van der Waals surface area contributed by atoms with Crippen LogP contribution in [0.2, 0.25) is 0 Å². The highest BCUT2D eigenvalue weighted by Gasteiger charge is 2.45. The summed E-state index contributed by atoms with van der Waals surface area (Å²) >= 11 is 0. The second kappa shape index (κ2) is 4.37.